The molecule has 4 nitrogen and oxygen atoms in total. The lowest BCUT2D eigenvalue weighted by atomic mass is 10.2. The van der Waals surface area contributed by atoms with Crippen LogP contribution in [0.2, 0.25) is 5.02 Å². The largest absolute Gasteiger partial charge is 0.398 e. The molecule has 0 aliphatic heterocycles. The Kier molecular flexibility index (Phi) is 5.01. The minimum atomic E-state index is -3.51. The van der Waals surface area contributed by atoms with Gasteiger partial charge in [0.2, 0.25) is 10.0 Å². The molecule has 1 aromatic rings. The van der Waals surface area contributed by atoms with Gasteiger partial charge in [-0.1, -0.05) is 24.9 Å². The van der Waals surface area contributed by atoms with E-state index in [9.17, 15) is 8.42 Å². The quantitative estimate of drug-likeness (QED) is 0.848. The van der Waals surface area contributed by atoms with Crippen molar-refractivity contribution in [3.05, 3.63) is 23.2 Å². The normalized spacial score (nSPS) is 13.8. The number of rotatable bonds is 5. The summed E-state index contributed by atoms with van der Waals surface area (Å²) in [6.07, 6.45) is 1.75. The van der Waals surface area contributed by atoms with E-state index >= 15 is 0 Å². The second kappa shape index (κ2) is 5.91. The van der Waals surface area contributed by atoms with E-state index in [1.165, 1.54) is 22.5 Å². The van der Waals surface area contributed by atoms with Crippen LogP contribution in [0, 0.1) is 0 Å². The maximum absolute atomic E-state index is 12.3. The van der Waals surface area contributed by atoms with E-state index in [4.69, 9.17) is 17.3 Å². The molecule has 0 saturated heterocycles. The van der Waals surface area contributed by atoms with Gasteiger partial charge in [-0.15, -0.1) is 0 Å². The fraction of sp³-hybridized carbons (Fsp3) is 0.500. The lowest BCUT2D eigenvalue weighted by Crippen LogP contribution is -2.35. The van der Waals surface area contributed by atoms with Gasteiger partial charge in [0.1, 0.15) is 0 Å². The Labute approximate surface area is 114 Å². The van der Waals surface area contributed by atoms with Gasteiger partial charge < -0.3 is 5.73 Å². The summed E-state index contributed by atoms with van der Waals surface area (Å²) < 4.78 is 26.1. The number of nitrogens with zero attached hydrogens (tertiary/aromatic N) is 1. The molecule has 1 atom stereocenters. The van der Waals surface area contributed by atoms with Crippen LogP contribution in [0.4, 0.5) is 5.69 Å². The van der Waals surface area contributed by atoms with Gasteiger partial charge in [0, 0.05) is 13.1 Å². The number of anilines is 1. The average Bonchev–Trinajstić information content (AvgIpc) is 2.31. The van der Waals surface area contributed by atoms with E-state index < -0.39 is 10.0 Å². The molecule has 2 N–H and O–H groups in total. The number of halogens is 1. The Hall–Kier alpha value is -0.780. The molecule has 1 rings (SSSR count). The van der Waals surface area contributed by atoms with E-state index in [1.807, 2.05) is 13.8 Å². The molecule has 0 amide bonds. The van der Waals surface area contributed by atoms with Gasteiger partial charge in [0.05, 0.1) is 15.6 Å². The Morgan fingerprint density at radius 2 is 2.06 bits per heavy atom. The summed E-state index contributed by atoms with van der Waals surface area (Å²) >= 11 is 5.86. The van der Waals surface area contributed by atoms with E-state index in [0.717, 1.165) is 12.8 Å². The summed E-state index contributed by atoms with van der Waals surface area (Å²) in [5.41, 5.74) is 5.95. The van der Waals surface area contributed by atoms with Gasteiger partial charge in [-0.05, 0) is 31.5 Å². The Morgan fingerprint density at radius 1 is 1.44 bits per heavy atom. The molecule has 6 heteroatoms. The van der Waals surface area contributed by atoms with E-state index in [0.29, 0.717) is 5.69 Å². The summed E-state index contributed by atoms with van der Waals surface area (Å²) in [4.78, 5) is 0.173. The van der Waals surface area contributed by atoms with Crippen molar-refractivity contribution in [2.75, 3.05) is 12.8 Å². The molecular formula is C12H19ClN2O2S. The van der Waals surface area contributed by atoms with Gasteiger partial charge in [-0.3, -0.25) is 0 Å². The van der Waals surface area contributed by atoms with E-state index in [2.05, 4.69) is 0 Å². The fourth-order valence-electron chi connectivity index (χ4n) is 1.67. The molecule has 102 valence electrons. The third-order valence-corrected chi connectivity index (χ3v) is 5.27. The van der Waals surface area contributed by atoms with Gasteiger partial charge in [-0.2, -0.15) is 4.31 Å². The molecule has 0 spiro atoms. The number of sulfonamides is 1. The molecule has 1 aromatic carbocycles. The molecule has 0 radical (unpaired) electrons. The van der Waals surface area contributed by atoms with Crippen LogP contribution < -0.4 is 5.73 Å². The number of hydrogen-bond acceptors (Lipinski definition) is 3. The van der Waals surface area contributed by atoms with Crippen LogP contribution in [0.5, 0.6) is 0 Å². The Balaban J connectivity index is 3.09. The van der Waals surface area contributed by atoms with Crippen LogP contribution in [0.1, 0.15) is 26.7 Å². The minimum Gasteiger partial charge on any atom is -0.398 e. The third-order valence-electron chi connectivity index (χ3n) is 2.98. The minimum absolute atomic E-state index is 0.0451. The summed E-state index contributed by atoms with van der Waals surface area (Å²) in [6.45, 7) is 3.91. The van der Waals surface area contributed by atoms with Crippen LogP contribution >= 0.6 is 11.6 Å². The fourth-order valence-corrected chi connectivity index (χ4v) is 3.33. The second-order valence-corrected chi connectivity index (χ2v) is 6.75. The van der Waals surface area contributed by atoms with Crippen molar-refractivity contribution in [1.82, 2.24) is 4.31 Å². The van der Waals surface area contributed by atoms with Crippen LogP contribution in [0.25, 0.3) is 0 Å². The predicted molar refractivity (Wildman–Crippen MR) is 75.2 cm³/mol. The van der Waals surface area contributed by atoms with Gasteiger partial charge >= 0.3 is 0 Å². The van der Waals surface area contributed by atoms with Crippen LogP contribution in [-0.4, -0.2) is 25.8 Å². The van der Waals surface area contributed by atoms with E-state index in [1.54, 1.807) is 7.05 Å². The zero-order chi connectivity index (χ0) is 13.9. The van der Waals surface area contributed by atoms with Crippen molar-refractivity contribution in [3.63, 3.8) is 0 Å². The molecule has 0 fully saturated rings. The van der Waals surface area contributed by atoms with Gasteiger partial charge in [0.25, 0.3) is 0 Å². The molecule has 0 aliphatic carbocycles. The third kappa shape index (κ3) is 3.16. The van der Waals surface area contributed by atoms with Gasteiger partial charge in [0.15, 0.2) is 0 Å². The van der Waals surface area contributed by atoms with Crippen molar-refractivity contribution in [1.29, 1.82) is 0 Å². The first-order valence-corrected chi connectivity index (χ1v) is 7.65. The highest BCUT2D eigenvalue weighted by atomic mass is 35.5. The summed E-state index contributed by atoms with van der Waals surface area (Å²) in [5, 5.41) is 0.257. The first-order chi connectivity index (χ1) is 8.30. The SMILES string of the molecule is CCCC(C)N(C)S(=O)(=O)c1ccc(N)c(Cl)c1. The lowest BCUT2D eigenvalue weighted by molar-refractivity contribution is 0.369. The average molecular weight is 291 g/mol. The first-order valence-electron chi connectivity index (χ1n) is 5.83. The maximum Gasteiger partial charge on any atom is 0.243 e. The molecular weight excluding hydrogens is 272 g/mol. The standard InChI is InChI=1S/C12H19ClN2O2S/c1-4-5-9(2)15(3)18(16,17)10-6-7-12(14)11(13)8-10/h6-9H,4-5,14H2,1-3H3. The highest BCUT2D eigenvalue weighted by Crippen LogP contribution is 2.25. The Bertz CT molecular complexity index is 517. The van der Waals surface area contributed by atoms with Crippen molar-refractivity contribution in [2.45, 2.75) is 37.6 Å². The molecule has 0 bridgehead atoms. The number of benzene rings is 1. The summed E-state index contributed by atoms with van der Waals surface area (Å²) in [6, 6.07) is 4.33. The zero-order valence-corrected chi connectivity index (χ0v) is 12.4. The molecule has 0 aliphatic rings. The number of hydrogen-bond donors (Lipinski definition) is 1. The maximum atomic E-state index is 12.3. The summed E-state index contributed by atoms with van der Waals surface area (Å²) in [5.74, 6) is 0. The highest BCUT2D eigenvalue weighted by Gasteiger charge is 2.25. The monoisotopic (exact) mass is 290 g/mol. The molecule has 0 heterocycles. The van der Waals surface area contributed by atoms with E-state index in [-0.39, 0.29) is 16.0 Å². The molecule has 0 saturated carbocycles. The highest BCUT2D eigenvalue weighted by molar-refractivity contribution is 7.89. The van der Waals surface area contributed by atoms with Crippen molar-refractivity contribution in [3.8, 4) is 0 Å². The lowest BCUT2D eigenvalue weighted by Gasteiger charge is -2.24. The first kappa shape index (κ1) is 15.3. The molecule has 18 heavy (non-hydrogen) atoms. The summed E-state index contributed by atoms with van der Waals surface area (Å²) in [7, 11) is -1.92. The van der Waals surface area contributed by atoms with Crippen molar-refractivity contribution >= 4 is 27.3 Å². The topological polar surface area (TPSA) is 63.4 Å². The van der Waals surface area contributed by atoms with Crippen LogP contribution in [0.15, 0.2) is 23.1 Å². The number of nitrogen functional groups attached to an aromatic ring is 1. The van der Waals surface area contributed by atoms with Crippen LogP contribution in [0.3, 0.4) is 0 Å². The van der Waals surface area contributed by atoms with Crippen LogP contribution in [-0.2, 0) is 10.0 Å². The van der Waals surface area contributed by atoms with Crippen molar-refractivity contribution < 1.29 is 8.42 Å². The van der Waals surface area contributed by atoms with Gasteiger partial charge in [-0.25, -0.2) is 8.42 Å². The second-order valence-electron chi connectivity index (χ2n) is 4.34. The van der Waals surface area contributed by atoms with Crippen molar-refractivity contribution in [2.24, 2.45) is 0 Å². The Morgan fingerprint density at radius 3 is 2.56 bits per heavy atom. The molecule has 1 unspecified atom stereocenters. The molecule has 0 aromatic heterocycles. The number of nitrogens with two attached hydrogens (primary N) is 1. The predicted octanol–water partition coefficient (Wildman–Crippen LogP) is 2.73. The smallest absolute Gasteiger partial charge is 0.243 e. The zero-order valence-electron chi connectivity index (χ0n) is 10.9.